The Bertz CT molecular complexity index is 716. The molecule has 1 atom stereocenters. The Morgan fingerprint density at radius 1 is 1.08 bits per heavy atom. The lowest BCUT2D eigenvalue weighted by Gasteiger charge is -2.17. The molecule has 2 aromatic carbocycles. The summed E-state index contributed by atoms with van der Waals surface area (Å²) in [6, 6.07) is 16.9. The van der Waals surface area contributed by atoms with Gasteiger partial charge in [0.1, 0.15) is 5.84 Å². The first-order valence-corrected chi connectivity index (χ1v) is 8.66. The van der Waals surface area contributed by atoms with Crippen molar-refractivity contribution in [2.24, 2.45) is 0 Å². The predicted octanol–water partition coefficient (Wildman–Crippen LogP) is 3.96. The summed E-state index contributed by atoms with van der Waals surface area (Å²) >= 11 is 0. The third-order valence-corrected chi connectivity index (χ3v) is 4.22. The van der Waals surface area contributed by atoms with E-state index in [9.17, 15) is 4.79 Å². The van der Waals surface area contributed by atoms with Gasteiger partial charge in [0.2, 0.25) is 0 Å². The van der Waals surface area contributed by atoms with E-state index < -0.39 is 0 Å². The zero-order chi connectivity index (χ0) is 18.2. The maximum absolute atomic E-state index is 12.6. The van der Waals surface area contributed by atoms with Gasteiger partial charge in [0, 0.05) is 23.6 Å². The summed E-state index contributed by atoms with van der Waals surface area (Å²) in [5, 5.41) is 11.4. The third kappa shape index (κ3) is 6.28. The number of amidine groups is 1. The fourth-order valence-corrected chi connectivity index (χ4v) is 2.64. The standard InChI is InChI=1S/C21H27N3O.ClH/c1-16(21(22)23-13-8-14-24(2)3)18-11-7-12-19(15-18)20(25)17-9-5-4-6-10-17;/h4-7,9-12,15-16H,8,13-14H2,1-3H3,(H2,22,23);1H/t16-;/m1./s1. The summed E-state index contributed by atoms with van der Waals surface area (Å²) in [5.41, 5.74) is 2.33. The number of ketones is 1. The van der Waals surface area contributed by atoms with E-state index in [1.165, 1.54) is 0 Å². The average Bonchev–Trinajstić information content (AvgIpc) is 2.64. The lowest BCUT2D eigenvalue weighted by Crippen LogP contribution is -2.30. The number of hydrogen-bond acceptors (Lipinski definition) is 3. The molecule has 2 rings (SSSR count). The predicted molar refractivity (Wildman–Crippen MR) is 111 cm³/mol. The van der Waals surface area contributed by atoms with E-state index in [-0.39, 0.29) is 24.1 Å². The summed E-state index contributed by atoms with van der Waals surface area (Å²) in [6.07, 6.45) is 0.995. The van der Waals surface area contributed by atoms with Crippen molar-refractivity contribution in [3.05, 3.63) is 71.3 Å². The van der Waals surface area contributed by atoms with Crippen molar-refractivity contribution in [3.63, 3.8) is 0 Å². The maximum Gasteiger partial charge on any atom is 0.193 e. The van der Waals surface area contributed by atoms with Gasteiger partial charge in [-0.25, -0.2) is 0 Å². The number of carbonyl (C=O) groups is 1. The van der Waals surface area contributed by atoms with Crippen molar-refractivity contribution >= 4 is 24.0 Å². The minimum Gasteiger partial charge on any atom is -0.373 e. The maximum atomic E-state index is 12.6. The Morgan fingerprint density at radius 2 is 1.73 bits per heavy atom. The van der Waals surface area contributed by atoms with E-state index in [4.69, 9.17) is 5.41 Å². The molecule has 0 heterocycles. The molecule has 0 aliphatic rings. The SMILES string of the molecule is C[C@@H](C(=N)NCCCN(C)C)c1cccc(C(=O)c2ccccc2)c1.Cl. The fraction of sp³-hybridized carbons (Fsp3) is 0.333. The number of hydrogen-bond donors (Lipinski definition) is 2. The van der Waals surface area contributed by atoms with E-state index in [0.29, 0.717) is 17.0 Å². The Hall–Kier alpha value is -2.17. The third-order valence-electron chi connectivity index (χ3n) is 4.22. The first-order valence-electron chi connectivity index (χ1n) is 8.66. The molecule has 0 fully saturated rings. The van der Waals surface area contributed by atoms with Crippen molar-refractivity contribution in [1.82, 2.24) is 10.2 Å². The number of nitrogens with one attached hydrogen (secondary N) is 2. The van der Waals surface area contributed by atoms with Crippen LogP contribution in [0.2, 0.25) is 0 Å². The van der Waals surface area contributed by atoms with Crippen LogP contribution in [0.25, 0.3) is 0 Å². The van der Waals surface area contributed by atoms with E-state index >= 15 is 0 Å². The Morgan fingerprint density at radius 3 is 2.38 bits per heavy atom. The van der Waals surface area contributed by atoms with Gasteiger partial charge in [0.25, 0.3) is 0 Å². The summed E-state index contributed by atoms with van der Waals surface area (Å²) in [7, 11) is 4.09. The van der Waals surface area contributed by atoms with Gasteiger partial charge in [-0.15, -0.1) is 12.4 Å². The summed E-state index contributed by atoms with van der Waals surface area (Å²) in [6.45, 7) is 3.77. The molecule has 0 saturated carbocycles. The van der Waals surface area contributed by atoms with E-state index in [1.54, 1.807) is 0 Å². The molecule has 26 heavy (non-hydrogen) atoms. The number of halogens is 1. The van der Waals surface area contributed by atoms with Gasteiger partial charge in [-0.2, -0.15) is 0 Å². The number of benzene rings is 2. The second kappa shape index (κ2) is 10.7. The molecular formula is C21H28ClN3O. The molecular weight excluding hydrogens is 346 g/mol. The first kappa shape index (κ1) is 21.9. The van der Waals surface area contributed by atoms with Crippen LogP contribution >= 0.6 is 12.4 Å². The summed E-state index contributed by atoms with van der Waals surface area (Å²) in [5.74, 6) is 0.436. The minimum absolute atomic E-state index is 0. The molecule has 4 nitrogen and oxygen atoms in total. The highest BCUT2D eigenvalue weighted by Crippen LogP contribution is 2.19. The van der Waals surface area contributed by atoms with Crippen molar-refractivity contribution in [1.29, 1.82) is 5.41 Å². The molecule has 0 aromatic heterocycles. The highest BCUT2D eigenvalue weighted by Gasteiger charge is 2.14. The Balaban J connectivity index is 0.00000338. The highest BCUT2D eigenvalue weighted by molar-refractivity contribution is 6.09. The van der Waals surface area contributed by atoms with Gasteiger partial charge in [-0.3, -0.25) is 10.2 Å². The van der Waals surface area contributed by atoms with Crippen molar-refractivity contribution in [2.45, 2.75) is 19.3 Å². The van der Waals surface area contributed by atoms with Gasteiger partial charge in [0.05, 0.1) is 0 Å². The van der Waals surface area contributed by atoms with Crippen molar-refractivity contribution in [2.75, 3.05) is 27.2 Å². The quantitative estimate of drug-likeness (QED) is 0.318. The molecule has 0 radical (unpaired) electrons. The molecule has 0 spiro atoms. The van der Waals surface area contributed by atoms with Crippen molar-refractivity contribution in [3.8, 4) is 0 Å². The fourth-order valence-electron chi connectivity index (χ4n) is 2.64. The number of carbonyl (C=O) groups excluding carboxylic acids is 1. The zero-order valence-electron chi connectivity index (χ0n) is 15.7. The molecule has 0 aliphatic carbocycles. The topological polar surface area (TPSA) is 56.2 Å². The molecule has 5 heteroatoms. The first-order chi connectivity index (χ1) is 12.0. The van der Waals surface area contributed by atoms with Crippen LogP contribution in [0.5, 0.6) is 0 Å². The van der Waals surface area contributed by atoms with Gasteiger partial charge in [0.15, 0.2) is 5.78 Å². The van der Waals surface area contributed by atoms with Crippen LogP contribution in [0.3, 0.4) is 0 Å². The van der Waals surface area contributed by atoms with Gasteiger partial charge in [-0.05, 0) is 38.7 Å². The Kier molecular flexibility index (Phi) is 9.03. The molecule has 0 saturated heterocycles. The van der Waals surface area contributed by atoms with E-state index in [1.807, 2.05) is 75.6 Å². The van der Waals surface area contributed by atoms with Crippen molar-refractivity contribution < 1.29 is 4.79 Å². The van der Waals surface area contributed by atoms with E-state index in [2.05, 4.69) is 10.2 Å². The largest absolute Gasteiger partial charge is 0.373 e. The zero-order valence-corrected chi connectivity index (χ0v) is 16.5. The van der Waals surface area contributed by atoms with E-state index in [0.717, 1.165) is 25.1 Å². The molecule has 0 aliphatic heterocycles. The lowest BCUT2D eigenvalue weighted by molar-refractivity contribution is 0.103. The van der Waals surface area contributed by atoms with Gasteiger partial charge in [-0.1, -0.05) is 55.5 Å². The minimum atomic E-state index is -0.0668. The molecule has 0 amide bonds. The monoisotopic (exact) mass is 373 g/mol. The van der Waals surface area contributed by atoms with Crippen LogP contribution in [-0.4, -0.2) is 43.7 Å². The Labute approximate surface area is 162 Å². The second-order valence-corrected chi connectivity index (χ2v) is 6.54. The molecule has 0 unspecified atom stereocenters. The van der Waals surface area contributed by atoms with Crippen LogP contribution in [-0.2, 0) is 0 Å². The average molecular weight is 374 g/mol. The number of nitrogens with zero attached hydrogens (tertiary/aromatic N) is 1. The molecule has 2 aromatic rings. The number of rotatable bonds is 8. The van der Waals surface area contributed by atoms with Gasteiger partial charge >= 0.3 is 0 Å². The van der Waals surface area contributed by atoms with Crippen LogP contribution < -0.4 is 5.32 Å². The summed E-state index contributed by atoms with van der Waals surface area (Å²) < 4.78 is 0. The molecule has 140 valence electrons. The molecule has 2 N–H and O–H groups in total. The van der Waals surface area contributed by atoms with Crippen LogP contribution in [0, 0.1) is 5.41 Å². The van der Waals surface area contributed by atoms with Crippen LogP contribution in [0.4, 0.5) is 0 Å². The van der Waals surface area contributed by atoms with Crippen LogP contribution in [0.15, 0.2) is 54.6 Å². The summed E-state index contributed by atoms with van der Waals surface area (Å²) in [4.78, 5) is 14.7. The molecule has 0 bridgehead atoms. The normalized spacial score (nSPS) is 11.5. The smallest absolute Gasteiger partial charge is 0.193 e. The van der Waals surface area contributed by atoms with Gasteiger partial charge < -0.3 is 10.2 Å². The second-order valence-electron chi connectivity index (χ2n) is 6.54. The highest BCUT2D eigenvalue weighted by atomic mass is 35.5. The lowest BCUT2D eigenvalue weighted by atomic mass is 9.95. The van der Waals surface area contributed by atoms with Crippen LogP contribution in [0.1, 0.15) is 40.7 Å².